The van der Waals surface area contributed by atoms with Gasteiger partial charge >= 0.3 is 0 Å². The number of aromatic nitrogens is 1. The molecule has 1 heterocycles. The van der Waals surface area contributed by atoms with Gasteiger partial charge in [-0.05, 0) is 33.1 Å². The number of hydrogen-bond donors (Lipinski definition) is 2. The lowest BCUT2D eigenvalue weighted by Crippen LogP contribution is -2.42. The van der Waals surface area contributed by atoms with Gasteiger partial charge in [0.15, 0.2) is 5.76 Å². The molecule has 1 aliphatic rings. The summed E-state index contributed by atoms with van der Waals surface area (Å²) in [6.07, 6.45) is 5.84. The molecule has 0 saturated heterocycles. The van der Waals surface area contributed by atoms with Crippen LogP contribution < -0.4 is 4.72 Å². The molecule has 19 heavy (non-hydrogen) atoms. The van der Waals surface area contributed by atoms with E-state index in [1.807, 2.05) is 6.08 Å². The minimum absolute atomic E-state index is 0.0457. The number of allylic oxidation sites excluding steroid dienone is 1. The van der Waals surface area contributed by atoms with Gasteiger partial charge in [-0.1, -0.05) is 17.3 Å². The Bertz CT molecular complexity index is 571. The van der Waals surface area contributed by atoms with E-state index in [2.05, 4.69) is 9.88 Å². The van der Waals surface area contributed by atoms with Crippen LogP contribution in [-0.4, -0.2) is 30.8 Å². The SMILES string of the molecule is Cc1noc(C)c1S(=O)(=O)NCC1(O)C=CCCC1. The van der Waals surface area contributed by atoms with Gasteiger partial charge < -0.3 is 9.63 Å². The number of aliphatic hydroxyl groups is 1. The van der Waals surface area contributed by atoms with Crippen molar-refractivity contribution in [2.45, 2.75) is 43.6 Å². The molecule has 0 saturated carbocycles. The van der Waals surface area contributed by atoms with Crippen LogP contribution in [0.15, 0.2) is 21.6 Å². The van der Waals surface area contributed by atoms with Crippen LogP contribution in [0.1, 0.15) is 30.7 Å². The second kappa shape index (κ2) is 5.07. The Hall–Kier alpha value is -1.18. The molecular weight excluding hydrogens is 268 g/mol. The molecule has 0 amide bonds. The number of hydrogen-bond acceptors (Lipinski definition) is 5. The molecule has 0 aliphatic heterocycles. The van der Waals surface area contributed by atoms with E-state index in [1.165, 1.54) is 0 Å². The van der Waals surface area contributed by atoms with Gasteiger partial charge in [-0.3, -0.25) is 0 Å². The molecule has 1 unspecified atom stereocenters. The van der Waals surface area contributed by atoms with E-state index in [0.717, 1.165) is 12.8 Å². The molecule has 1 atom stereocenters. The molecular formula is C12H18N2O4S. The molecule has 2 N–H and O–H groups in total. The molecule has 2 rings (SSSR count). The molecule has 0 bridgehead atoms. The van der Waals surface area contributed by atoms with Crippen molar-refractivity contribution in [1.29, 1.82) is 0 Å². The minimum Gasteiger partial charge on any atom is -0.384 e. The molecule has 0 radical (unpaired) electrons. The first-order chi connectivity index (χ1) is 8.84. The average molecular weight is 286 g/mol. The minimum atomic E-state index is -3.72. The van der Waals surface area contributed by atoms with Crippen LogP contribution in [0.2, 0.25) is 0 Å². The van der Waals surface area contributed by atoms with Gasteiger partial charge in [-0.15, -0.1) is 0 Å². The van der Waals surface area contributed by atoms with Gasteiger partial charge in [-0.2, -0.15) is 0 Å². The second-order valence-electron chi connectivity index (χ2n) is 4.88. The number of sulfonamides is 1. The van der Waals surface area contributed by atoms with Gasteiger partial charge in [0, 0.05) is 6.54 Å². The largest absolute Gasteiger partial charge is 0.384 e. The van der Waals surface area contributed by atoms with Crippen LogP contribution in [0.5, 0.6) is 0 Å². The third-order valence-corrected chi connectivity index (χ3v) is 4.86. The zero-order valence-electron chi connectivity index (χ0n) is 11.0. The van der Waals surface area contributed by atoms with E-state index in [0.29, 0.717) is 12.1 Å². The van der Waals surface area contributed by atoms with Crippen LogP contribution >= 0.6 is 0 Å². The normalized spacial score (nSPS) is 23.7. The molecule has 0 fully saturated rings. The predicted octanol–water partition coefficient (Wildman–Crippen LogP) is 1.04. The average Bonchev–Trinajstić information content (AvgIpc) is 2.68. The number of aryl methyl sites for hydroxylation is 2. The molecule has 1 aromatic heterocycles. The monoisotopic (exact) mass is 286 g/mol. The number of nitrogens with one attached hydrogen (secondary N) is 1. The van der Waals surface area contributed by atoms with E-state index >= 15 is 0 Å². The Balaban J connectivity index is 2.15. The van der Waals surface area contributed by atoms with Crippen molar-refractivity contribution in [2.75, 3.05) is 6.54 Å². The Morgan fingerprint density at radius 1 is 1.53 bits per heavy atom. The van der Waals surface area contributed by atoms with Crippen molar-refractivity contribution in [3.63, 3.8) is 0 Å². The van der Waals surface area contributed by atoms with Crippen LogP contribution in [0.4, 0.5) is 0 Å². The Morgan fingerprint density at radius 3 is 2.79 bits per heavy atom. The van der Waals surface area contributed by atoms with E-state index < -0.39 is 15.6 Å². The first-order valence-corrected chi connectivity index (χ1v) is 7.65. The predicted molar refractivity (Wildman–Crippen MR) is 69.1 cm³/mol. The van der Waals surface area contributed by atoms with Gasteiger partial charge in [0.05, 0.1) is 5.60 Å². The van der Waals surface area contributed by atoms with E-state index in [1.54, 1.807) is 19.9 Å². The lowest BCUT2D eigenvalue weighted by molar-refractivity contribution is 0.0797. The molecule has 1 aliphatic carbocycles. The maximum atomic E-state index is 12.2. The highest BCUT2D eigenvalue weighted by atomic mass is 32.2. The van der Waals surface area contributed by atoms with E-state index in [-0.39, 0.29) is 17.2 Å². The molecule has 7 heteroatoms. The van der Waals surface area contributed by atoms with Gasteiger partial charge in [0.1, 0.15) is 10.6 Å². The lowest BCUT2D eigenvalue weighted by atomic mass is 9.91. The zero-order chi connectivity index (χ0) is 14.1. The summed E-state index contributed by atoms with van der Waals surface area (Å²) in [7, 11) is -3.72. The van der Waals surface area contributed by atoms with Crippen LogP contribution in [0.3, 0.4) is 0 Å². The lowest BCUT2D eigenvalue weighted by Gasteiger charge is -2.27. The highest BCUT2D eigenvalue weighted by Crippen LogP contribution is 2.23. The fraction of sp³-hybridized carbons (Fsp3) is 0.583. The fourth-order valence-corrected chi connectivity index (χ4v) is 3.64. The summed E-state index contributed by atoms with van der Waals surface area (Å²) in [6, 6.07) is 0. The third kappa shape index (κ3) is 3.05. The van der Waals surface area contributed by atoms with Crippen molar-refractivity contribution in [1.82, 2.24) is 9.88 Å². The van der Waals surface area contributed by atoms with Crippen LogP contribution in [0, 0.1) is 13.8 Å². The van der Waals surface area contributed by atoms with E-state index in [4.69, 9.17) is 4.52 Å². The second-order valence-corrected chi connectivity index (χ2v) is 6.58. The quantitative estimate of drug-likeness (QED) is 0.807. The number of rotatable bonds is 4. The maximum Gasteiger partial charge on any atom is 0.246 e. The van der Waals surface area contributed by atoms with Crippen molar-refractivity contribution < 1.29 is 18.0 Å². The summed E-state index contributed by atoms with van der Waals surface area (Å²) in [5, 5.41) is 13.8. The molecule has 0 spiro atoms. The maximum absolute atomic E-state index is 12.2. The van der Waals surface area contributed by atoms with Crippen LogP contribution in [-0.2, 0) is 10.0 Å². The number of nitrogens with zero attached hydrogens (tertiary/aromatic N) is 1. The Kier molecular flexibility index (Phi) is 3.80. The first kappa shape index (κ1) is 14.2. The molecule has 106 valence electrons. The van der Waals surface area contributed by atoms with Crippen molar-refractivity contribution in [3.05, 3.63) is 23.6 Å². The zero-order valence-corrected chi connectivity index (χ0v) is 11.8. The highest BCUT2D eigenvalue weighted by Gasteiger charge is 2.30. The van der Waals surface area contributed by atoms with Crippen LogP contribution in [0.25, 0.3) is 0 Å². The Morgan fingerprint density at radius 2 is 2.26 bits per heavy atom. The summed E-state index contributed by atoms with van der Waals surface area (Å²) < 4.78 is 31.6. The summed E-state index contributed by atoms with van der Waals surface area (Å²) in [5.74, 6) is 0.246. The molecule has 6 nitrogen and oxygen atoms in total. The van der Waals surface area contributed by atoms with Crippen molar-refractivity contribution >= 4 is 10.0 Å². The van der Waals surface area contributed by atoms with Gasteiger partial charge in [0.25, 0.3) is 0 Å². The summed E-state index contributed by atoms with van der Waals surface area (Å²) in [4.78, 5) is 0.0517. The summed E-state index contributed by atoms with van der Waals surface area (Å²) >= 11 is 0. The fourth-order valence-electron chi connectivity index (χ4n) is 2.21. The molecule has 1 aromatic rings. The van der Waals surface area contributed by atoms with Crippen molar-refractivity contribution in [3.8, 4) is 0 Å². The van der Waals surface area contributed by atoms with Gasteiger partial charge in [-0.25, -0.2) is 13.1 Å². The van der Waals surface area contributed by atoms with Crippen molar-refractivity contribution in [2.24, 2.45) is 0 Å². The van der Waals surface area contributed by atoms with E-state index in [9.17, 15) is 13.5 Å². The summed E-state index contributed by atoms with van der Waals surface area (Å²) in [5.41, 5.74) is -0.791. The highest BCUT2D eigenvalue weighted by molar-refractivity contribution is 7.89. The third-order valence-electron chi connectivity index (χ3n) is 3.21. The molecule has 0 aromatic carbocycles. The topological polar surface area (TPSA) is 92.4 Å². The summed E-state index contributed by atoms with van der Waals surface area (Å²) in [6.45, 7) is 3.07. The smallest absolute Gasteiger partial charge is 0.246 e. The standard InChI is InChI=1S/C12H18N2O4S/c1-9-11(10(2)18-14-9)19(16,17)13-8-12(15)6-4-3-5-7-12/h4,6,13,15H,3,5,7-8H2,1-2H3. The van der Waals surface area contributed by atoms with Gasteiger partial charge in [0.2, 0.25) is 10.0 Å². The Labute approximate surface area is 112 Å². The first-order valence-electron chi connectivity index (χ1n) is 6.17.